The summed E-state index contributed by atoms with van der Waals surface area (Å²) in [7, 11) is 0. The van der Waals surface area contributed by atoms with E-state index < -0.39 is 29.0 Å². The Labute approximate surface area is 289 Å². The molecule has 0 unspecified atom stereocenters. The van der Waals surface area contributed by atoms with E-state index in [9.17, 15) is 23.6 Å². The number of hydrogen-bond acceptors (Lipinski definition) is 8. The van der Waals surface area contributed by atoms with Gasteiger partial charge in [0.25, 0.3) is 5.91 Å². The molecule has 262 valence electrons. The first-order valence-electron chi connectivity index (χ1n) is 16.8. The minimum Gasteiger partial charge on any atom is -0.481 e. The first-order valence-corrected chi connectivity index (χ1v) is 16.8. The van der Waals surface area contributed by atoms with E-state index >= 15 is 0 Å². The molecule has 12 nitrogen and oxygen atoms in total. The number of pyridine rings is 1. The van der Waals surface area contributed by atoms with Crippen molar-refractivity contribution in [3.05, 3.63) is 99.9 Å². The minimum absolute atomic E-state index is 0.00581. The molecule has 2 saturated heterocycles. The number of piperidine rings is 1. The summed E-state index contributed by atoms with van der Waals surface area (Å²) in [5.74, 6) is -1.71. The predicted molar refractivity (Wildman–Crippen MR) is 186 cm³/mol. The molecule has 4 aromatic rings. The van der Waals surface area contributed by atoms with Crippen LogP contribution in [-0.2, 0) is 22.7 Å². The van der Waals surface area contributed by atoms with Crippen LogP contribution in [0.15, 0.2) is 71.7 Å². The van der Waals surface area contributed by atoms with Crippen LogP contribution < -0.4 is 25.4 Å². The minimum atomic E-state index is -0.727. The Balaban J connectivity index is 1.43. The van der Waals surface area contributed by atoms with Gasteiger partial charge in [0.15, 0.2) is 11.3 Å². The van der Waals surface area contributed by atoms with E-state index in [1.54, 1.807) is 39.1 Å². The highest BCUT2D eigenvalue weighted by atomic mass is 19.1. The summed E-state index contributed by atoms with van der Waals surface area (Å²) < 4.78 is 26.4. The van der Waals surface area contributed by atoms with Gasteiger partial charge in [-0.3, -0.25) is 23.7 Å². The zero-order valence-corrected chi connectivity index (χ0v) is 28.5. The number of amides is 3. The second-order valence-corrected chi connectivity index (χ2v) is 13.5. The third-order valence-corrected chi connectivity index (χ3v) is 8.54. The largest absolute Gasteiger partial charge is 0.481 e. The van der Waals surface area contributed by atoms with Crippen molar-refractivity contribution in [1.82, 2.24) is 19.6 Å². The molecule has 13 heteroatoms. The van der Waals surface area contributed by atoms with Crippen molar-refractivity contribution >= 4 is 34.9 Å². The first-order chi connectivity index (χ1) is 24.0. The number of nitrogens with one attached hydrogen (secondary N) is 1. The number of hydrogen-bond donors (Lipinski definition) is 1. The van der Waals surface area contributed by atoms with Crippen LogP contribution in [0.4, 0.5) is 20.6 Å². The summed E-state index contributed by atoms with van der Waals surface area (Å²) in [6.45, 7) is 6.95. The zero-order valence-electron chi connectivity index (χ0n) is 28.5. The molecule has 2 aliphatic heterocycles. The molecule has 3 amide bonds. The molecular formula is C37H41FN6O6. The molecule has 6 rings (SSSR count). The van der Waals surface area contributed by atoms with E-state index in [-0.39, 0.29) is 55.8 Å². The van der Waals surface area contributed by atoms with Gasteiger partial charge in [-0.05, 0) is 69.4 Å². The number of halogens is 1. The summed E-state index contributed by atoms with van der Waals surface area (Å²) in [6, 6.07) is 16.7. The molecular weight excluding hydrogens is 643 g/mol. The fourth-order valence-corrected chi connectivity index (χ4v) is 6.01. The number of anilines is 2. The molecule has 2 fully saturated rings. The van der Waals surface area contributed by atoms with Gasteiger partial charge in [-0.25, -0.2) is 14.2 Å². The average molecular weight is 685 g/mol. The number of rotatable bonds is 8. The van der Waals surface area contributed by atoms with E-state index in [1.807, 2.05) is 36.4 Å². The Morgan fingerprint density at radius 3 is 2.32 bits per heavy atom. The Hall–Kier alpha value is -5.46. The van der Waals surface area contributed by atoms with Gasteiger partial charge in [0.1, 0.15) is 24.6 Å². The zero-order chi connectivity index (χ0) is 35.4. The van der Waals surface area contributed by atoms with Gasteiger partial charge in [0.2, 0.25) is 11.7 Å². The first kappa shape index (κ1) is 34.4. The lowest BCUT2D eigenvalue weighted by atomic mass is 10.1. The van der Waals surface area contributed by atoms with E-state index in [4.69, 9.17) is 14.5 Å². The fourth-order valence-electron chi connectivity index (χ4n) is 6.01. The lowest BCUT2D eigenvalue weighted by Gasteiger charge is -2.36. The standard InChI is InChI=1S/C37H41FN6O6/c1-37(2,3)50-36(48)42-18-19-43(30(45)23-42)29-20-28(41-16-8-5-9-17-41)22-44-33(29)40-31(34(46)39-21-25-12-14-27(38)15-13-25)32(35(44)47)49-24-26-10-6-4-7-11-26/h4,6-7,10-15,20,22H,5,8-9,16-19,21,23-24H2,1-3H3,(H,39,46). The molecule has 2 aromatic heterocycles. The van der Waals surface area contributed by atoms with Crippen LogP contribution in [0.25, 0.3) is 5.65 Å². The van der Waals surface area contributed by atoms with Gasteiger partial charge in [0, 0.05) is 38.9 Å². The number of nitrogens with zero attached hydrogens (tertiary/aromatic N) is 5. The normalized spacial score (nSPS) is 15.3. The molecule has 50 heavy (non-hydrogen) atoms. The Morgan fingerprint density at radius 2 is 1.64 bits per heavy atom. The summed E-state index contributed by atoms with van der Waals surface area (Å²) >= 11 is 0. The van der Waals surface area contributed by atoms with Crippen molar-refractivity contribution < 1.29 is 28.2 Å². The van der Waals surface area contributed by atoms with Crippen molar-refractivity contribution in [3.8, 4) is 5.75 Å². The maximum Gasteiger partial charge on any atom is 0.410 e. The van der Waals surface area contributed by atoms with Gasteiger partial charge in [-0.15, -0.1) is 0 Å². The molecule has 1 N–H and O–H groups in total. The van der Waals surface area contributed by atoms with Gasteiger partial charge >= 0.3 is 11.7 Å². The smallest absolute Gasteiger partial charge is 0.410 e. The highest BCUT2D eigenvalue weighted by molar-refractivity contribution is 6.01. The Bertz CT molecular complexity index is 1940. The van der Waals surface area contributed by atoms with Crippen LogP contribution in [0.2, 0.25) is 0 Å². The maximum atomic E-state index is 14.4. The van der Waals surface area contributed by atoms with Crippen molar-refractivity contribution in [1.29, 1.82) is 0 Å². The molecule has 4 heterocycles. The summed E-state index contributed by atoms with van der Waals surface area (Å²) in [5, 5.41) is 2.77. The summed E-state index contributed by atoms with van der Waals surface area (Å²) in [6.07, 6.45) is 4.14. The number of ether oxygens (including phenoxy) is 2. The average Bonchev–Trinajstić information content (AvgIpc) is 3.10. The molecule has 2 aliphatic rings. The van der Waals surface area contributed by atoms with Crippen LogP contribution in [0, 0.1) is 5.82 Å². The number of carbonyl (C=O) groups excluding carboxylic acids is 3. The highest BCUT2D eigenvalue weighted by Crippen LogP contribution is 2.31. The van der Waals surface area contributed by atoms with Crippen LogP contribution in [0.5, 0.6) is 5.75 Å². The van der Waals surface area contributed by atoms with Gasteiger partial charge in [0.05, 0.1) is 11.4 Å². The molecule has 0 atom stereocenters. The van der Waals surface area contributed by atoms with Gasteiger partial charge in [-0.1, -0.05) is 42.5 Å². The van der Waals surface area contributed by atoms with E-state index in [1.165, 1.54) is 26.3 Å². The lowest BCUT2D eigenvalue weighted by molar-refractivity contribution is -0.121. The SMILES string of the molecule is CC(C)(C)OC(=O)N1CCN(c2cc(N3CCCCC3)cn3c(=O)c(OCc4ccccc4)c(C(=O)NCc4ccc(F)cc4)nc23)C(=O)C1. The van der Waals surface area contributed by atoms with Crippen LogP contribution >= 0.6 is 0 Å². The summed E-state index contributed by atoms with van der Waals surface area (Å²) in [4.78, 5) is 64.5. The van der Waals surface area contributed by atoms with Crippen molar-refractivity contribution in [2.24, 2.45) is 0 Å². The van der Waals surface area contributed by atoms with E-state index in [2.05, 4.69) is 10.2 Å². The Kier molecular flexibility index (Phi) is 10.0. The lowest BCUT2D eigenvalue weighted by Crippen LogP contribution is -2.53. The quantitative estimate of drug-likeness (QED) is 0.278. The van der Waals surface area contributed by atoms with Crippen LogP contribution in [-0.4, -0.2) is 70.5 Å². The number of benzene rings is 2. The monoisotopic (exact) mass is 684 g/mol. The van der Waals surface area contributed by atoms with Gasteiger partial charge in [-0.2, -0.15) is 0 Å². The van der Waals surface area contributed by atoms with E-state index in [0.29, 0.717) is 11.3 Å². The topological polar surface area (TPSA) is 126 Å². The molecule has 0 spiro atoms. The van der Waals surface area contributed by atoms with Crippen molar-refractivity contribution in [3.63, 3.8) is 0 Å². The predicted octanol–water partition coefficient (Wildman–Crippen LogP) is 4.92. The second-order valence-electron chi connectivity index (χ2n) is 13.5. The highest BCUT2D eigenvalue weighted by Gasteiger charge is 2.33. The van der Waals surface area contributed by atoms with Gasteiger partial charge < -0.3 is 24.6 Å². The number of carbonyl (C=O) groups is 3. The number of piperazine rings is 1. The number of fused-ring (bicyclic) bond motifs is 1. The fraction of sp³-hybridized carbons (Fsp3) is 0.378. The molecule has 0 radical (unpaired) electrons. The third kappa shape index (κ3) is 7.88. The third-order valence-electron chi connectivity index (χ3n) is 8.54. The van der Waals surface area contributed by atoms with Crippen LogP contribution in [0.1, 0.15) is 61.6 Å². The maximum absolute atomic E-state index is 14.4. The molecule has 0 aliphatic carbocycles. The van der Waals surface area contributed by atoms with Crippen LogP contribution in [0.3, 0.4) is 0 Å². The van der Waals surface area contributed by atoms with E-state index in [0.717, 1.165) is 43.6 Å². The molecule has 0 saturated carbocycles. The Morgan fingerprint density at radius 1 is 0.920 bits per heavy atom. The van der Waals surface area contributed by atoms with Crippen molar-refractivity contribution in [2.75, 3.05) is 42.5 Å². The second kappa shape index (κ2) is 14.6. The number of aromatic nitrogens is 2. The van der Waals surface area contributed by atoms with Crippen molar-refractivity contribution in [2.45, 2.75) is 58.8 Å². The molecule has 0 bridgehead atoms. The molecule has 2 aromatic carbocycles. The summed E-state index contributed by atoms with van der Waals surface area (Å²) in [5.41, 5.74) is 0.985.